The van der Waals surface area contributed by atoms with E-state index in [0.29, 0.717) is 6.54 Å². The minimum Gasteiger partial charge on any atom is -0.326 e. The van der Waals surface area contributed by atoms with Crippen molar-refractivity contribution in [1.82, 2.24) is 0 Å². The van der Waals surface area contributed by atoms with Crippen LogP contribution >= 0.6 is 23.5 Å². The molecule has 0 spiro atoms. The highest BCUT2D eigenvalue weighted by molar-refractivity contribution is 8.00. The SMILES string of the molecule is CSc1cccc(SC2CCCC2)c1CN. The molecule has 0 radical (unpaired) electrons. The fraction of sp³-hybridized carbons (Fsp3) is 0.538. The zero-order valence-electron chi connectivity index (χ0n) is 9.74. The van der Waals surface area contributed by atoms with Gasteiger partial charge < -0.3 is 5.73 Å². The van der Waals surface area contributed by atoms with Crippen molar-refractivity contribution in [2.24, 2.45) is 5.73 Å². The first-order valence-corrected chi connectivity index (χ1v) is 7.98. The lowest BCUT2D eigenvalue weighted by atomic mass is 10.2. The molecule has 1 saturated carbocycles. The molecule has 16 heavy (non-hydrogen) atoms. The first kappa shape index (κ1) is 12.3. The molecule has 3 heteroatoms. The van der Waals surface area contributed by atoms with Gasteiger partial charge >= 0.3 is 0 Å². The van der Waals surface area contributed by atoms with Gasteiger partial charge in [-0.05, 0) is 36.8 Å². The van der Waals surface area contributed by atoms with Gasteiger partial charge in [0, 0.05) is 21.6 Å². The summed E-state index contributed by atoms with van der Waals surface area (Å²) in [5.41, 5.74) is 7.21. The van der Waals surface area contributed by atoms with Crippen molar-refractivity contribution in [3.8, 4) is 0 Å². The highest BCUT2D eigenvalue weighted by atomic mass is 32.2. The maximum absolute atomic E-state index is 5.87. The zero-order chi connectivity index (χ0) is 11.4. The fourth-order valence-corrected chi connectivity index (χ4v) is 4.37. The Morgan fingerprint density at radius 2 is 1.94 bits per heavy atom. The predicted molar refractivity (Wildman–Crippen MR) is 74.2 cm³/mol. The first-order valence-electron chi connectivity index (χ1n) is 5.87. The molecule has 2 rings (SSSR count). The van der Waals surface area contributed by atoms with E-state index in [-0.39, 0.29) is 0 Å². The highest BCUT2D eigenvalue weighted by Gasteiger charge is 2.18. The molecule has 0 aromatic heterocycles. The van der Waals surface area contributed by atoms with Gasteiger partial charge in [-0.3, -0.25) is 0 Å². The number of hydrogen-bond donors (Lipinski definition) is 1. The van der Waals surface area contributed by atoms with Crippen LogP contribution < -0.4 is 5.73 Å². The zero-order valence-corrected chi connectivity index (χ0v) is 11.4. The van der Waals surface area contributed by atoms with E-state index < -0.39 is 0 Å². The van der Waals surface area contributed by atoms with Crippen LogP contribution in [0, 0.1) is 0 Å². The summed E-state index contributed by atoms with van der Waals surface area (Å²) in [6.07, 6.45) is 7.67. The topological polar surface area (TPSA) is 26.0 Å². The van der Waals surface area contributed by atoms with Gasteiger partial charge in [-0.2, -0.15) is 0 Å². The van der Waals surface area contributed by atoms with E-state index in [4.69, 9.17) is 5.73 Å². The van der Waals surface area contributed by atoms with E-state index in [0.717, 1.165) is 5.25 Å². The highest BCUT2D eigenvalue weighted by Crippen LogP contribution is 2.38. The fourth-order valence-electron chi connectivity index (χ4n) is 2.23. The lowest BCUT2D eigenvalue weighted by Crippen LogP contribution is -2.03. The van der Waals surface area contributed by atoms with E-state index in [1.807, 2.05) is 11.8 Å². The second-order valence-corrected chi connectivity index (χ2v) is 6.36. The van der Waals surface area contributed by atoms with Crippen LogP contribution in [0.2, 0.25) is 0 Å². The van der Waals surface area contributed by atoms with Gasteiger partial charge in [-0.15, -0.1) is 23.5 Å². The van der Waals surface area contributed by atoms with Crippen molar-refractivity contribution < 1.29 is 0 Å². The molecule has 2 N–H and O–H groups in total. The molecule has 1 nitrogen and oxygen atoms in total. The molecule has 88 valence electrons. The maximum Gasteiger partial charge on any atom is 0.0200 e. The standard InChI is InChI=1S/C13H19NS2/c1-15-12-7-4-8-13(11(12)9-14)16-10-5-2-3-6-10/h4,7-8,10H,2-3,5-6,9,14H2,1H3. The second-order valence-electron chi connectivity index (χ2n) is 4.17. The van der Waals surface area contributed by atoms with E-state index >= 15 is 0 Å². The molecule has 1 aliphatic carbocycles. The van der Waals surface area contributed by atoms with Crippen molar-refractivity contribution in [1.29, 1.82) is 0 Å². The molecular weight excluding hydrogens is 234 g/mol. The van der Waals surface area contributed by atoms with Crippen LogP contribution in [0.1, 0.15) is 31.2 Å². The third-order valence-corrected chi connectivity index (χ3v) is 5.37. The van der Waals surface area contributed by atoms with Crippen LogP contribution in [0.3, 0.4) is 0 Å². The van der Waals surface area contributed by atoms with Crippen LogP contribution in [0.5, 0.6) is 0 Å². The molecule has 1 aromatic rings. The normalized spacial score (nSPS) is 16.9. The minimum absolute atomic E-state index is 0.659. The smallest absolute Gasteiger partial charge is 0.0200 e. The summed E-state index contributed by atoms with van der Waals surface area (Å²) >= 11 is 3.84. The summed E-state index contributed by atoms with van der Waals surface area (Å²) in [5.74, 6) is 0. The Bertz CT molecular complexity index is 346. The number of hydrogen-bond acceptors (Lipinski definition) is 3. The molecule has 0 unspecified atom stereocenters. The summed E-state index contributed by atoms with van der Waals surface area (Å²) in [5, 5.41) is 0.822. The number of benzene rings is 1. The van der Waals surface area contributed by atoms with E-state index in [9.17, 15) is 0 Å². The van der Waals surface area contributed by atoms with Crippen LogP contribution in [0.25, 0.3) is 0 Å². The molecule has 1 aromatic carbocycles. The monoisotopic (exact) mass is 253 g/mol. The Balaban J connectivity index is 2.18. The van der Waals surface area contributed by atoms with Gasteiger partial charge in [0.2, 0.25) is 0 Å². The molecule has 1 aliphatic rings. The van der Waals surface area contributed by atoms with Crippen molar-refractivity contribution in [2.75, 3.05) is 6.26 Å². The van der Waals surface area contributed by atoms with Gasteiger partial charge in [-0.25, -0.2) is 0 Å². The van der Waals surface area contributed by atoms with Crippen molar-refractivity contribution in [3.05, 3.63) is 23.8 Å². The minimum atomic E-state index is 0.659. The molecule has 0 heterocycles. The first-order chi connectivity index (χ1) is 7.85. The maximum atomic E-state index is 5.87. The third-order valence-electron chi connectivity index (χ3n) is 3.11. The van der Waals surface area contributed by atoms with Gasteiger partial charge in [0.25, 0.3) is 0 Å². The molecular formula is C13H19NS2. The Morgan fingerprint density at radius 1 is 1.25 bits per heavy atom. The lowest BCUT2D eigenvalue weighted by Gasteiger charge is -2.14. The van der Waals surface area contributed by atoms with E-state index in [2.05, 4.69) is 24.5 Å². The van der Waals surface area contributed by atoms with Crippen LogP contribution in [0.4, 0.5) is 0 Å². The molecule has 1 fully saturated rings. The van der Waals surface area contributed by atoms with Crippen LogP contribution in [-0.4, -0.2) is 11.5 Å². The van der Waals surface area contributed by atoms with Gasteiger partial charge in [0.15, 0.2) is 0 Å². The molecule has 0 bridgehead atoms. The largest absolute Gasteiger partial charge is 0.326 e. The quantitative estimate of drug-likeness (QED) is 0.824. The summed E-state index contributed by atoms with van der Waals surface area (Å²) in [4.78, 5) is 2.74. The van der Waals surface area contributed by atoms with Gasteiger partial charge in [-0.1, -0.05) is 18.9 Å². The Kier molecular flexibility index (Phi) is 4.62. The lowest BCUT2D eigenvalue weighted by molar-refractivity contribution is 0.886. The molecule has 0 atom stereocenters. The number of thioether (sulfide) groups is 2. The summed E-state index contributed by atoms with van der Waals surface area (Å²) in [6.45, 7) is 0.659. The van der Waals surface area contributed by atoms with Crippen molar-refractivity contribution in [2.45, 2.75) is 47.3 Å². The molecule has 0 aliphatic heterocycles. The second kappa shape index (κ2) is 5.99. The summed E-state index contributed by atoms with van der Waals surface area (Å²) < 4.78 is 0. The predicted octanol–water partition coefficient (Wildman–Crippen LogP) is 3.90. The van der Waals surface area contributed by atoms with Gasteiger partial charge in [0.05, 0.1) is 0 Å². The average molecular weight is 253 g/mol. The third kappa shape index (κ3) is 2.76. The van der Waals surface area contributed by atoms with Crippen LogP contribution in [0.15, 0.2) is 28.0 Å². The summed E-state index contributed by atoms with van der Waals surface area (Å²) in [7, 11) is 0. The number of nitrogens with two attached hydrogens (primary N) is 1. The van der Waals surface area contributed by atoms with E-state index in [1.165, 1.54) is 41.0 Å². The van der Waals surface area contributed by atoms with Crippen LogP contribution in [-0.2, 0) is 6.54 Å². The van der Waals surface area contributed by atoms with E-state index in [1.54, 1.807) is 11.8 Å². The Morgan fingerprint density at radius 3 is 2.56 bits per heavy atom. The van der Waals surface area contributed by atoms with Gasteiger partial charge in [0.1, 0.15) is 0 Å². The Hall–Kier alpha value is -0.120. The summed E-state index contributed by atoms with van der Waals surface area (Å²) in [6, 6.07) is 6.55. The van der Waals surface area contributed by atoms with Crippen molar-refractivity contribution >= 4 is 23.5 Å². The average Bonchev–Trinajstić information content (AvgIpc) is 2.81. The molecule has 0 saturated heterocycles. The van der Waals surface area contributed by atoms with Crippen molar-refractivity contribution in [3.63, 3.8) is 0 Å². The molecule has 0 amide bonds. The number of rotatable bonds is 4. The Labute approximate surface area is 107 Å².